The van der Waals surface area contributed by atoms with E-state index >= 15 is 0 Å². The van der Waals surface area contributed by atoms with Crippen molar-refractivity contribution in [3.63, 3.8) is 0 Å². The molecule has 0 N–H and O–H groups in total. The van der Waals surface area contributed by atoms with Crippen LogP contribution in [-0.2, 0) is 13.1 Å². The van der Waals surface area contributed by atoms with E-state index in [1.807, 2.05) is 12.2 Å². The van der Waals surface area contributed by atoms with E-state index in [1.165, 1.54) is 91.4 Å². The van der Waals surface area contributed by atoms with Gasteiger partial charge >= 0.3 is 0 Å². The molecule has 0 heterocycles. The van der Waals surface area contributed by atoms with Gasteiger partial charge in [-0.1, -0.05) is 114 Å². The van der Waals surface area contributed by atoms with E-state index in [1.54, 1.807) is 0 Å². The molecule has 194 valence electrons. The fourth-order valence-electron chi connectivity index (χ4n) is 4.51. The average molecular weight is 479 g/mol. The lowest BCUT2D eigenvalue weighted by molar-refractivity contribution is -0.941. The maximum atomic E-state index is 3.85. The van der Waals surface area contributed by atoms with Gasteiger partial charge in [-0.3, -0.25) is 0 Å². The molecule has 0 unspecified atom stereocenters. The van der Waals surface area contributed by atoms with Gasteiger partial charge in [-0.25, -0.2) is 0 Å². The van der Waals surface area contributed by atoms with Gasteiger partial charge in [0.2, 0.25) is 0 Å². The first-order valence-corrected chi connectivity index (χ1v) is 13.8. The second-order valence-corrected chi connectivity index (χ2v) is 11.1. The molecule has 0 aromatic heterocycles. The molecule has 0 aliphatic rings. The van der Waals surface area contributed by atoms with Crippen molar-refractivity contribution in [2.24, 2.45) is 0 Å². The Morgan fingerprint density at radius 3 is 1.20 bits per heavy atom. The average Bonchev–Trinajstić information content (AvgIpc) is 2.85. The van der Waals surface area contributed by atoms with E-state index in [0.717, 1.165) is 11.0 Å². The molecule has 2 rings (SSSR count). The van der Waals surface area contributed by atoms with Crippen LogP contribution in [0.1, 0.15) is 81.5 Å². The van der Waals surface area contributed by atoms with Crippen LogP contribution in [0.25, 0.3) is 12.2 Å². The Balaban J connectivity index is 0.000000400. The highest BCUT2D eigenvalue weighted by atomic mass is 15.3. The molecule has 0 amide bonds. The van der Waals surface area contributed by atoms with E-state index in [2.05, 4.69) is 104 Å². The third-order valence-electron chi connectivity index (χ3n) is 6.56. The Morgan fingerprint density at radius 1 is 0.571 bits per heavy atom. The molecule has 0 saturated carbocycles. The van der Waals surface area contributed by atoms with Crippen LogP contribution in [0.4, 0.5) is 0 Å². The van der Waals surface area contributed by atoms with Gasteiger partial charge in [0.05, 0.1) is 40.8 Å². The highest BCUT2D eigenvalue weighted by Crippen LogP contribution is 2.20. The molecule has 0 spiro atoms. The minimum Gasteiger partial charge on any atom is -0.327 e. The largest absolute Gasteiger partial charge is 0.327 e. The summed E-state index contributed by atoms with van der Waals surface area (Å²) in [6, 6.07) is 17.6. The first kappa shape index (κ1) is 30.9. The summed E-state index contributed by atoms with van der Waals surface area (Å²) in [6.45, 7) is 20.8. The standard InChI is InChI=1S/C21H36N.C12H18N/c1-5-9-16-22(17-10-6-2,18-11-7-3)19-21-14-12-20(8-4)13-15-21;1-5-11-6-8-12(9-7-11)10-13(2,3)4/h8,12-15H,4-7,9-11,16-19H2,1-3H3;5-9H,1,10H2,2-4H3/q2*+1. The Bertz CT molecular complexity index is 803. The summed E-state index contributed by atoms with van der Waals surface area (Å²) >= 11 is 0. The van der Waals surface area contributed by atoms with Crippen molar-refractivity contribution in [3.8, 4) is 0 Å². The van der Waals surface area contributed by atoms with Gasteiger partial charge in [0, 0.05) is 11.1 Å². The minimum absolute atomic E-state index is 0.966. The van der Waals surface area contributed by atoms with Crippen molar-refractivity contribution in [1.29, 1.82) is 0 Å². The highest BCUT2D eigenvalue weighted by molar-refractivity contribution is 5.47. The maximum Gasteiger partial charge on any atom is 0.104 e. The smallest absolute Gasteiger partial charge is 0.104 e. The Morgan fingerprint density at radius 2 is 0.914 bits per heavy atom. The molecule has 0 saturated heterocycles. The number of unbranched alkanes of at least 4 members (excludes halogenated alkanes) is 3. The molecular formula is C33H54N2+2. The molecule has 0 fully saturated rings. The summed E-state index contributed by atoms with van der Waals surface area (Å²) in [5, 5.41) is 0. The molecule has 0 radical (unpaired) electrons. The number of benzene rings is 2. The van der Waals surface area contributed by atoms with Gasteiger partial charge in [0.15, 0.2) is 0 Å². The van der Waals surface area contributed by atoms with Gasteiger partial charge in [-0.15, -0.1) is 0 Å². The summed E-state index contributed by atoms with van der Waals surface area (Å²) in [7, 11) is 6.59. The Kier molecular flexibility index (Phi) is 14.6. The number of nitrogens with zero attached hydrogens (tertiary/aromatic N) is 2. The van der Waals surface area contributed by atoms with E-state index in [4.69, 9.17) is 0 Å². The number of quaternary nitrogens is 2. The zero-order valence-corrected chi connectivity index (χ0v) is 23.9. The fourth-order valence-corrected chi connectivity index (χ4v) is 4.51. The van der Waals surface area contributed by atoms with Gasteiger partial charge in [0.1, 0.15) is 13.1 Å². The lowest BCUT2D eigenvalue weighted by atomic mass is 10.1. The molecule has 2 nitrogen and oxygen atoms in total. The quantitative estimate of drug-likeness (QED) is 0.225. The molecule has 2 aromatic carbocycles. The molecule has 0 aliphatic carbocycles. The summed E-state index contributed by atoms with van der Waals surface area (Å²) < 4.78 is 2.25. The lowest BCUT2D eigenvalue weighted by Crippen LogP contribution is -2.49. The summed E-state index contributed by atoms with van der Waals surface area (Å²) in [6.07, 6.45) is 11.7. The molecule has 35 heavy (non-hydrogen) atoms. The van der Waals surface area contributed by atoms with Crippen LogP contribution in [0.2, 0.25) is 0 Å². The Labute approximate surface area is 218 Å². The van der Waals surface area contributed by atoms with Crippen LogP contribution < -0.4 is 0 Å². The van der Waals surface area contributed by atoms with Crippen LogP contribution in [0, 0.1) is 0 Å². The number of hydrogen-bond donors (Lipinski definition) is 0. The first-order valence-electron chi connectivity index (χ1n) is 13.8. The van der Waals surface area contributed by atoms with Crippen molar-refractivity contribution in [1.82, 2.24) is 0 Å². The van der Waals surface area contributed by atoms with E-state index in [-0.39, 0.29) is 0 Å². The lowest BCUT2D eigenvalue weighted by Gasteiger charge is -2.39. The van der Waals surface area contributed by atoms with Crippen LogP contribution in [0.15, 0.2) is 61.7 Å². The Hall–Kier alpha value is -2.16. The molecule has 2 aromatic rings. The van der Waals surface area contributed by atoms with Crippen LogP contribution in [0.5, 0.6) is 0 Å². The van der Waals surface area contributed by atoms with Gasteiger partial charge in [-0.2, -0.15) is 0 Å². The second-order valence-electron chi connectivity index (χ2n) is 11.1. The van der Waals surface area contributed by atoms with Gasteiger partial charge in [-0.05, 0) is 30.4 Å². The van der Waals surface area contributed by atoms with Crippen LogP contribution in [-0.4, -0.2) is 49.7 Å². The van der Waals surface area contributed by atoms with Gasteiger partial charge in [0.25, 0.3) is 0 Å². The SMILES string of the molecule is C=Cc1ccc(C[N+](C)(C)C)cc1.C=Cc1ccc(C[N+](CCCC)(CCCC)CCCC)cc1. The second kappa shape index (κ2) is 16.5. The number of hydrogen-bond acceptors (Lipinski definition) is 0. The molecule has 0 bridgehead atoms. The summed E-state index contributed by atoms with van der Waals surface area (Å²) in [5.74, 6) is 0. The highest BCUT2D eigenvalue weighted by Gasteiger charge is 2.26. The van der Waals surface area contributed by atoms with Crippen LogP contribution >= 0.6 is 0 Å². The summed E-state index contributed by atoms with van der Waals surface area (Å²) in [4.78, 5) is 0. The first-order chi connectivity index (χ1) is 16.7. The van der Waals surface area contributed by atoms with Gasteiger partial charge < -0.3 is 8.97 Å². The third kappa shape index (κ3) is 12.9. The van der Waals surface area contributed by atoms with Crippen molar-refractivity contribution in [2.45, 2.75) is 72.4 Å². The third-order valence-corrected chi connectivity index (χ3v) is 6.56. The van der Waals surface area contributed by atoms with Crippen molar-refractivity contribution < 1.29 is 8.97 Å². The monoisotopic (exact) mass is 478 g/mol. The maximum absolute atomic E-state index is 3.85. The van der Waals surface area contributed by atoms with E-state index in [0.29, 0.717) is 0 Å². The normalized spacial score (nSPS) is 11.5. The zero-order chi connectivity index (χ0) is 26.2. The zero-order valence-electron chi connectivity index (χ0n) is 23.9. The molecule has 0 aliphatic heterocycles. The predicted octanol–water partition coefficient (Wildman–Crippen LogP) is 8.58. The summed E-state index contributed by atoms with van der Waals surface area (Å²) in [5.41, 5.74) is 5.26. The van der Waals surface area contributed by atoms with Crippen molar-refractivity contribution >= 4 is 12.2 Å². The fraction of sp³-hybridized carbons (Fsp3) is 0.515. The van der Waals surface area contributed by atoms with Crippen LogP contribution in [0.3, 0.4) is 0 Å². The van der Waals surface area contributed by atoms with E-state index in [9.17, 15) is 0 Å². The van der Waals surface area contributed by atoms with Crippen molar-refractivity contribution in [2.75, 3.05) is 40.8 Å². The topological polar surface area (TPSA) is 0 Å². The predicted molar refractivity (Wildman–Crippen MR) is 158 cm³/mol. The minimum atomic E-state index is 0.966. The molecule has 2 heteroatoms. The van der Waals surface area contributed by atoms with Crippen molar-refractivity contribution in [3.05, 3.63) is 83.9 Å². The molecule has 0 atom stereocenters. The number of rotatable bonds is 15. The van der Waals surface area contributed by atoms with E-state index < -0.39 is 0 Å². The molecular weight excluding hydrogens is 424 g/mol.